The molecule has 7 heteroatoms. The van der Waals surface area contributed by atoms with Gasteiger partial charge in [0.05, 0.1) is 20.9 Å². The first-order chi connectivity index (χ1) is 26.8. The van der Waals surface area contributed by atoms with Crippen molar-refractivity contribution in [1.82, 2.24) is 0 Å². The fourth-order valence-corrected chi connectivity index (χ4v) is 9.02. The predicted octanol–water partition coefficient (Wildman–Crippen LogP) is 15.5. The summed E-state index contributed by atoms with van der Waals surface area (Å²) >= 11 is 1.11. The van der Waals surface area contributed by atoms with Crippen LogP contribution >= 0.6 is 11.8 Å². The van der Waals surface area contributed by atoms with Crippen molar-refractivity contribution < 1.29 is 30.0 Å². The van der Waals surface area contributed by atoms with Gasteiger partial charge in [0.25, 0.3) is 0 Å². The van der Waals surface area contributed by atoms with Gasteiger partial charge in [0, 0.05) is 0 Å². The molecule has 0 unspecified atom stereocenters. The molecule has 0 saturated carbocycles. The number of aromatic carboxylic acids is 2. The van der Waals surface area contributed by atoms with Gasteiger partial charge in [0.2, 0.25) is 0 Å². The molecule has 4 N–H and O–H groups in total. The molecule has 0 heterocycles. The van der Waals surface area contributed by atoms with Crippen LogP contribution in [0.1, 0.15) is 238 Å². The molecule has 0 aliphatic heterocycles. The second-order valence-electron chi connectivity index (χ2n) is 16.0. The minimum Gasteiger partial charge on any atom is -0.507 e. The van der Waals surface area contributed by atoms with Gasteiger partial charge < -0.3 is 20.4 Å². The summed E-state index contributed by atoms with van der Waals surface area (Å²) in [6.07, 6.45) is 38.3. The maximum absolute atomic E-state index is 12.3. The highest BCUT2D eigenvalue weighted by Gasteiger charge is 2.23. The largest absolute Gasteiger partial charge is 0.507 e. The van der Waals surface area contributed by atoms with Crippen molar-refractivity contribution in [1.29, 1.82) is 0 Å². The number of benzene rings is 2. The van der Waals surface area contributed by atoms with Gasteiger partial charge in [-0.05, 0) is 61.1 Å². The molecule has 312 valence electrons. The molecule has 0 spiro atoms. The van der Waals surface area contributed by atoms with Crippen LogP contribution in [0.15, 0.2) is 34.1 Å². The van der Waals surface area contributed by atoms with Gasteiger partial charge in [-0.1, -0.05) is 205 Å². The zero-order valence-electron chi connectivity index (χ0n) is 35.0. The minimum absolute atomic E-state index is 0.0518. The molecular weight excluding hydrogens is 705 g/mol. The number of rotatable bonds is 36. The Morgan fingerprint density at radius 1 is 0.400 bits per heavy atom. The number of phenols is 2. The van der Waals surface area contributed by atoms with Crippen molar-refractivity contribution in [2.45, 2.75) is 229 Å². The number of hydrogen-bond donors (Lipinski definition) is 4. The van der Waals surface area contributed by atoms with Crippen LogP contribution in [0.3, 0.4) is 0 Å². The Bertz CT molecular complexity index is 1220. The summed E-state index contributed by atoms with van der Waals surface area (Å²) in [7, 11) is 0. The van der Waals surface area contributed by atoms with Gasteiger partial charge in [-0.15, -0.1) is 0 Å². The number of hydrogen-bond acceptors (Lipinski definition) is 5. The molecule has 55 heavy (non-hydrogen) atoms. The molecule has 2 aromatic rings. The smallest absolute Gasteiger partial charge is 0.336 e. The van der Waals surface area contributed by atoms with Gasteiger partial charge >= 0.3 is 11.9 Å². The lowest BCUT2D eigenvalue weighted by molar-refractivity contribution is 0.0684. The molecule has 0 aliphatic rings. The van der Waals surface area contributed by atoms with E-state index in [0.29, 0.717) is 33.8 Å². The molecule has 0 bridgehead atoms. The fourth-order valence-electron chi connectivity index (χ4n) is 7.80. The van der Waals surface area contributed by atoms with Crippen molar-refractivity contribution in [2.75, 3.05) is 0 Å². The highest BCUT2D eigenvalue weighted by Crippen LogP contribution is 2.45. The molecule has 0 amide bonds. The van der Waals surface area contributed by atoms with Crippen LogP contribution in [0.4, 0.5) is 0 Å². The topological polar surface area (TPSA) is 115 Å². The summed E-state index contributed by atoms with van der Waals surface area (Å²) < 4.78 is 0. The maximum Gasteiger partial charge on any atom is 0.336 e. The predicted molar refractivity (Wildman–Crippen MR) is 232 cm³/mol. The summed E-state index contributed by atoms with van der Waals surface area (Å²) in [6, 6.07) is 5.70. The lowest BCUT2D eigenvalue weighted by Crippen LogP contribution is -2.06. The SMILES string of the molecule is CCCCCCCCCCCCCCCCCc1c(C(=O)O)ccc(O)c1Sc1c(O)ccc(C(=O)O)c1CCCCCCCCCCCCCCCCC. The van der Waals surface area contributed by atoms with Crippen molar-refractivity contribution >= 4 is 23.7 Å². The van der Waals surface area contributed by atoms with Crippen LogP contribution in [0, 0.1) is 0 Å². The zero-order chi connectivity index (χ0) is 39.9. The molecule has 0 radical (unpaired) electrons. The van der Waals surface area contributed by atoms with Crippen LogP contribution < -0.4 is 0 Å². The van der Waals surface area contributed by atoms with Gasteiger partial charge in [0.15, 0.2) is 0 Å². The van der Waals surface area contributed by atoms with E-state index >= 15 is 0 Å². The Morgan fingerprint density at radius 3 is 0.873 bits per heavy atom. The van der Waals surface area contributed by atoms with E-state index in [2.05, 4.69) is 13.8 Å². The summed E-state index contributed by atoms with van der Waals surface area (Å²) in [5.74, 6) is -2.22. The quantitative estimate of drug-likeness (QED) is 0.0509. The number of carboxylic acids is 2. The third-order valence-corrected chi connectivity index (χ3v) is 12.5. The van der Waals surface area contributed by atoms with Crippen molar-refractivity contribution in [2.24, 2.45) is 0 Å². The Labute approximate surface area is 339 Å². The van der Waals surface area contributed by atoms with Crippen LogP contribution in [0.2, 0.25) is 0 Å². The molecule has 0 saturated heterocycles. The van der Waals surface area contributed by atoms with Crippen molar-refractivity contribution in [3.63, 3.8) is 0 Å². The lowest BCUT2D eigenvalue weighted by atomic mass is 9.99. The fraction of sp³-hybridized carbons (Fsp3) is 0.708. The molecule has 0 aromatic heterocycles. The van der Waals surface area contributed by atoms with E-state index in [0.717, 1.165) is 50.3 Å². The second-order valence-corrected chi connectivity index (χ2v) is 17.0. The van der Waals surface area contributed by atoms with Crippen molar-refractivity contribution in [3.05, 3.63) is 46.5 Å². The van der Waals surface area contributed by atoms with E-state index in [1.165, 1.54) is 178 Å². The van der Waals surface area contributed by atoms with Crippen LogP contribution in [-0.4, -0.2) is 32.4 Å². The number of carbonyl (C=O) groups is 2. The monoisotopic (exact) mass is 783 g/mol. The van der Waals surface area contributed by atoms with Crippen LogP contribution in [0.5, 0.6) is 11.5 Å². The third kappa shape index (κ3) is 20.9. The molecule has 6 nitrogen and oxygen atoms in total. The summed E-state index contributed by atoms with van der Waals surface area (Å²) in [5.41, 5.74) is 1.38. The van der Waals surface area contributed by atoms with E-state index in [1.807, 2.05) is 0 Å². The number of carboxylic acid groups (broad SMARTS) is 2. The number of unbranched alkanes of at least 4 members (excludes halogenated alkanes) is 28. The van der Waals surface area contributed by atoms with E-state index < -0.39 is 11.9 Å². The van der Waals surface area contributed by atoms with E-state index in [9.17, 15) is 30.0 Å². The lowest BCUT2D eigenvalue weighted by Gasteiger charge is -2.18. The van der Waals surface area contributed by atoms with Crippen molar-refractivity contribution in [3.8, 4) is 11.5 Å². The van der Waals surface area contributed by atoms with E-state index in [-0.39, 0.29) is 22.6 Å². The van der Waals surface area contributed by atoms with Gasteiger partial charge in [-0.25, -0.2) is 9.59 Å². The Morgan fingerprint density at radius 2 is 0.636 bits per heavy atom. The third-order valence-electron chi connectivity index (χ3n) is 11.2. The molecule has 0 aliphatic carbocycles. The first-order valence-electron chi connectivity index (χ1n) is 22.7. The normalized spacial score (nSPS) is 11.4. The Balaban J connectivity index is 1.88. The highest BCUT2D eigenvalue weighted by molar-refractivity contribution is 7.99. The molecule has 0 atom stereocenters. The van der Waals surface area contributed by atoms with Crippen LogP contribution in [0.25, 0.3) is 0 Å². The standard InChI is InChI=1S/C48H78O6S/c1-3-5-7-9-11-13-15-17-19-21-23-25-27-29-31-33-39-41(47(51)52)35-37-43(49)45(39)55-46-40(42(48(53)54)36-38-44(46)50)34-32-30-28-26-24-22-20-18-16-14-12-10-8-6-4-2/h35-38,49-50H,3-34H2,1-2H3,(H,51,52)(H,53,54). The minimum atomic E-state index is -1.06. The molecule has 0 fully saturated rings. The zero-order valence-corrected chi connectivity index (χ0v) is 35.8. The second kappa shape index (κ2) is 31.4. The Hall–Kier alpha value is -2.67. The summed E-state index contributed by atoms with van der Waals surface area (Å²) in [4.78, 5) is 25.4. The first kappa shape index (κ1) is 48.5. The van der Waals surface area contributed by atoms with E-state index in [4.69, 9.17) is 0 Å². The van der Waals surface area contributed by atoms with Gasteiger partial charge in [-0.2, -0.15) is 0 Å². The highest BCUT2D eigenvalue weighted by atomic mass is 32.2. The maximum atomic E-state index is 12.3. The average Bonchev–Trinajstić information content (AvgIpc) is 3.16. The Kier molecular flexibility index (Phi) is 27.7. The van der Waals surface area contributed by atoms with Crippen LogP contribution in [-0.2, 0) is 12.8 Å². The molecule has 2 rings (SSSR count). The molecular formula is C48H78O6S. The number of phenolic OH excluding ortho intramolecular Hbond substituents is 2. The summed E-state index contributed by atoms with van der Waals surface area (Å²) in [5, 5.41) is 42.3. The number of aromatic hydroxyl groups is 2. The van der Waals surface area contributed by atoms with Gasteiger partial charge in [-0.3, -0.25) is 0 Å². The first-order valence-corrected chi connectivity index (χ1v) is 23.5. The van der Waals surface area contributed by atoms with E-state index in [1.54, 1.807) is 0 Å². The summed E-state index contributed by atoms with van der Waals surface area (Å²) in [6.45, 7) is 4.52. The molecule has 2 aromatic carbocycles. The van der Waals surface area contributed by atoms with Gasteiger partial charge in [0.1, 0.15) is 11.5 Å². The average molecular weight is 783 g/mol.